The van der Waals surface area contributed by atoms with Gasteiger partial charge in [-0.15, -0.1) is 0 Å². The van der Waals surface area contributed by atoms with E-state index >= 15 is 0 Å². The molecule has 0 aliphatic rings. The minimum atomic E-state index is -3.83. The number of hydrogen-bond donors (Lipinski definition) is 0. The number of rotatable bonds is 3. The summed E-state index contributed by atoms with van der Waals surface area (Å²) in [5, 5.41) is 0. The maximum atomic E-state index is 13.5. The number of ether oxygens (including phenoxy) is 1. The van der Waals surface area contributed by atoms with E-state index in [-0.39, 0.29) is 16.5 Å². The summed E-state index contributed by atoms with van der Waals surface area (Å²) in [6.07, 6.45) is 1.05. The zero-order valence-corrected chi connectivity index (χ0v) is 11.4. The Morgan fingerprint density at radius 2 is 2.00 bits per heavy atom. The van der Waals surface area contributed by atoms with Gasteiger partial charge in [-0.1, -0.05) is 6.07 Å². The summed E-state index contributed by atoms with van der Waals surface area (Å²) in [5.41, 5.74) is 0.830. The molecule has 1 aromatic carbocycles. The van der Waals surface area contributed by atoms with E-state index in [0.717, 1.165) is 11.8 Å². The van der Waals surface area contributed by atoms with E-state index < -0.39 is 14.9 Å². The summed E-state index contributed by atoms with van der Waals surface area (Å²) in [6, 6.07) is 6.94. The van der Waals surface area contributed by atoms with Gasteiger partial charge in [0.05, 0.1) is 6.20 Å². The highest BCUT2D eigenvalue weighted by molar-refractivity contribution is 8.13. The van der Waals surface area contributed by atoms with E-state index in [1.165, 1.54) is 24.3 Å². The largest absolute Gasteiger partial charge is 0.436 e. The lowest BCUT2D eigenvalue weighted by molar-refractivity contribution is 0.426. The van der Waals surface area contributed by atoms with Crippen LogP contribution in [-0.4, -0.2) is 13.4 Å². The zero-order chi connectivity index (χ0) is 14.0. The Balaban J connectivity index is 2.27. The molecular formula is C12H9ClFNO3S. The standard InChI is InChI=1S/C12H9ClFNO3S/c1-8-2-4-10(14)11(6-8)18-12-5-3-9(7-15-12)19(13,16)17/h2-7H,1H3. The topological polar surface area (TPSA) is 56.3 Å². The number of hydrogen-bond acceptors (Lipinski definition) is 4. The van der Waals surface area contributed by atoms with Gasteiger partial charge in [-0.3, -0.25) is 0 Å². The number of halogens is 2. The molecule has 0 unspecified atom stereocenters. The Kier molecular flexibility index (Phi) is 3.73. The lowest BCUT2D eigenvalue weighted by Crippen LogP contribution is -1.95. The highest BCUT2D eigenvalue weighted by Gasteiger charge is 2.11. The molecule has 19 heavy (non-hydrogen) atoms. The van der Waals surface area contributed by atoms with Crippen molar-refractivity contribution in [2.24, 2.45) is 0 Å². The highest BCUT2D eigenvalue weighted by atomic mass is 35.7. The molecule has 0 saturated carbocycles. The van der Waals surface area contributed by atoms with E-state index in [2.05, 4.69) is 4.98 Å². The van der Waals surface area contributed by atoms with E-state index in [9.17, 15) is 12.8 Å². The molecule has 2 aromatic rings. The van der Waals surface area contributed by atoms with Gasteiger partial charge in [-0.05, 0) is 30.7 Å². The summed E-state index contributed by atoms with van der Waals surface area (Å²) in [7, 11) is 1.32. The summed E-state index contributed by atoms with van der Waals surface area (Å²) in [4.78, 5) is 3.61. The molecule has 4 nitrogen and oxygen atoms in total. The molecule has 0 aliphatic carbocycles. The van der Waals surface area contributed by atoms with Gasteiger partial charge in [0, 0.05) is 16.7 Å². The van der Waals surface area contributed by atoms with Crippen molar-refractivity contribution in [3.8, 4) is 11.6 Å². The van der Waals surface area contributed by atoms with Crippen molar-refractivity contribution in [1.29, 1.82) is 0 Å². The van der Waals surface area contributed by atoms with Crippen LogP contribution in [0.4, 0.5) is 4.39 Å². The third-order valence-corrected chi connectivity index (χ3v) is 3.63. The summed E-state index contributed by atoms with van der Waals surface area (Å²) in [6.45, 7) is 1.79. The fourth-order valence-corrected chi connectivity index (χ4v) is 2.06. The maximum absolute atomic E-state index is 13.5. The van der Waals surface area contributed by atoms with E-state index in [0.29, 0.717) is 0 Å². The Labute approximate surface area is 114 Å². The normalized spacial score (nSPS) is 11.3. The summed E-state index contributed by atoms with van der Waals surface area (Å²) >= 11 is 0. The molecule has 0 bridgehead atoms. The Hall–Kier alpha value is -1.66. The van der Waals surface area contributed by atoms with Gasteiger partial charge in [-0.2, -0.15) is 0 Å². The minimum absolute atomic E-state index is 0.0222. The van der Waals surface area contributed by atoms with Crippen LogP contribution in [0.3, 0.4) is 0 Å². The molecule has 0 amide bonds. The molecule has 0 atom stereocenters. The van der Waals surface area contributed by atoms with Gasteiger partial charge >= 0.3 is 0 Å². The second-order valence-corrected chi connectivity index (χ2v) is 6.37. The average molecular weight is 302 g/mol. The molecule has 0 fully saturated rings. The smallest absolute Gasteiger partial charge is 0.262 e. The van der Waals surface area contributed by atoms with Crippen LogP contribution in [0.25, 0.3) is 0 Å². The fourth-order valence-electron chi connectivity index (χ4n) is 1.37. The molecule has 1 heterocycles. The van der Waals surface area contributed by atoms with Gasteiger partial charge in [0.1, 0.15) is 4.90 Å². The lowest BCUT2D eigenvalue weighted by Gasteiger charge is -2.06. The summed E-state index contributed by atoms with van der Waals surface area (Å²) in [5.74, 6) is -0.427. The van der Waals surface area contributed by atoms with Gasteiger partial charge in [0.2, 0.25) is 5.88 Å². The first-order valence-electron chi connectivity index (χ1n) is 5.21. The van der Waals surface area contributed by atoms with Gasteiger partial charge in [0.15, 0.2) is 11.6 Å². The first-order valence-corrected chi connectivity index (χ1v) is 7.52. The number of aryl methyl sites for hydroxylation is 1. The first kappa shape index (κ1) is 13.8. The minimum Gasteiger partial charge on any atom is -0.436 e. The van der Waals surface area contributed by atoms with Gasteiger partial charge in [-0.25, -0.2) is 17.8 Å². The van der Waals surface area contributed by atoms with E-state index in [1.807, 2.05) is 0 Å². The molecule has 0 N–H and O–H groups in total. The van der Waals surface area contributed by atoms with Gasteiger partial charge in [0.25, 0.3) is 9.05 Å². The van der Waals surface area contributed by atoms with Crippen LogP contribution in [-0.2, 0) is 9.05 Å². The monoisotopic (exact) mass is 301 g/mol. The maximum Gasteiger partial charge on any atom is 0.262 e. The molecule has 0 saturated heterocycles. The van der Waals surface area contributed by atoms with Crippen LogP contribution in [0.2, 0.25) is 0 Å². The predicted octanol–water partition coefficient (Wildman–Crippen LogP) is 3.25. The number of aromatic nitrogens is 1. The van der Waals surface area contributed by atoms with Crippen LogP contribution in [0.15, 0.2) is 41.4 Å². The number of nitrogens with zero attached hydrogens (tertiary/aromatic N) is 1. The van der Waals surface area contributed by atoms with Crippen molar-refractivity contribution in [3.63, 3.8) is 0 Å². The molecule has 0 radical (unpaired) electrons. The SMILES string of the molecule is Cc1ccc(F)c(Oc2ccc(S(=O)(=O)Cl)cn2)c1. The Bertz CT molecular complexity index is 701. The van der Waals surface area contributed by atoms with Crippen LogP contribution >= 0.6 is 10.7 Å². The van der Waals surface area contributed by atoms with Gasteiger partial charge < -0.3 is 4.74 Å². The first-order chi connectivity index (χ1) is 8.86. The molecule has 1 aromatic heterocycles. The zero-order valence-electron chi connectivity index (χ0n) is 9.80. The predicted molar refractivity (Wildman–Crippen MR) is 68.5 cm³/mol. The number of pyridine rings is 1. The lowest BCUT2D eigenvalue weighted by atomic mass is 10.2. The number of benzene rings is 1. The average Bonchev–Trinajstić information content (AvgIpc) is 2.33. The highest BCUT2D eigenvalue weighted by Crippen LogP contribution is 2.25. The molecular weight excluding hydrogens is 293 g/mol. The molecule has 0 aliphatic heterocycles. The Morgan fingerprint density at radius 3 is 2.58 bits per heavy atom. The van der Waals surface area contributed by atoms with Crippen molar-refractivity contribution in [3.05, 3.63) is 47.9 Å². The van der Waals surface area contributed by atoms with Crippen LogP contribution in [0.5, 0.6) is 11.6 Å². The summed E-state index contributed by atoms with van der Waals surface area (Å²) < 4.78 is 40.7. The van der Waals surface area contributed by atoms with Crippen LogP contribution < -0.4 is 4.74 Å². The van der Waals surface area contributed by atoms with Crippen LogP contribution in [0, 0.1) is 12.7 Å². The second-order valence-electron chi connectivity index (χ2n) is 3.81. The van der Waals surface area contributed by atoms with Crippen molar-refractivity contribution >= 4 is 19.7 Å². The Morgan fingerprint density at radius 1 is 1.26 bits per heavy atom. The van der Waals surface area contributed by atoms with Crippen LogP contribution in [0.1, 0.15) is 5.56 Å². The van der Waals surface area contributed by atoms with Crippen molar-refractivity contribution in [1.82, 2.24) is 4.98 Å². The second kappa shape index (κ2) is 5.14. The van der Waals surface area contributed by atoms with Crippen molar-refractivity contribution in [2.75, 3.05) is 0 Å². The third kappa shape index (κ3) is 3.42. The quantitative estimate of drug-likeness (QED) is 0.817. The molecule has 7 heteroatoms. The molecule has 0 spiro atoms. The molecule has 2 rings (SSSR count). The third-order valence-electron chi connectivity index (χ3n) is 2.29. The van der Waals surface area contributed by atoms with Crippen molar-refractivity contribution in [2.45, 2.75) is 11.8 Å². The fraction of sp³-hybridized carbons (Fsp3) is 0.0833. The van der Waals surface area contributed by atoms with E-state index in [4.69, 9.17) is 15.4 Å². The van der Waals surface area contributed by atoms with E-state index in [1.54, 1.807) is 13.0 Å². The molecule has 100 valence electrons. The van der Waals surface area contributed by atoms with Crippen molar-refractivity contribution < 1.29 is 17.5 Å².